The second-order valence-corrected chi connectivity index (χ2v) is 4.63. The van der Waals surface area contributed by atoms with Gasteiger partial charge >= 0.3 is 0 Å². The molecule has 0 spiro atoms. The molecule has 0 saturated heterocycles. The SMILES string of the molecule is CC1CC1C(=O)Nc1ccccc1C#CCCO. The number of aliphatic hydroxyl groups is 1. The number of nitrogens with one attached hydrogen (secondary N) is 1. The van der Waals surface area contributed by atoms with E-state index in [2.05, 4.69) is 24.1 Å². The summed E-state index contributed by atoms with van der Waals surface area (Å²) in [6.07, 6.45) is 1.42. The summed E-state index contributed by atoms with van der Waals surface area (Å²) in [5.41, 5.74) is 1.56. The van der Waals surface area contributed by atoms with Gasteiger partial charge in [0, 0.05) is 17.9 Å². The van der Waals surface area contributed by atoms with E-state index < -0.39 is 0 Å². The van der Waals surface area contributed by atoms with E-state index in [1.165, 1.54) is 0 Å². The third-order valence-electron chi connectivity index (χ3n) is 3.09. The van der Waals surface area contributed by atoms with Crippen LogP contribution in [0.5, 0.6) is 0 Å². The largest absolute Gasteiger partial charge is 0.395 e. The number of hydrogen-bond acceptors (Lipinski definition) is 2. The fraction of sp³-hybridized carbons (Fsp3) is 0.400. The Kier molecular flexibility index (Phi) is 4.01. The molecule has 0 bridgehead atoms. The quantitative estimate of drug-likeness (QED) is 0.798. The summed E-state index contributed by atoms with van der Waals surface area (Å²) in [6, 6.07) is 7.49. The van der Waals surface area contributed by atoms with Crippen molar-refractivity contribution in [3.05, 3.63) is 29.8 Å². The molecule has 2 N–H and O–H groups in total. The van der Waals surface area contributed by atoms with Gasteiger partial charge in [0.2, 0.25) is 5.91 Å². The van der Waals surface area contributed by atoms with Crippen molar-refractivity contribution in [2.24, 2.45) is 11.8 Å². The molecule has 2 rings (SSSR count). The van der Waals surface area contributed by atoms with E-state index in [4.69, 9.17) is 5.11 Å². The number of amides is 1. The molecule has 0 heterocycles. The van der Waals surface area contributed by atoms with Gasteiger partial charge in [-0.25, -0.2) is 0 Å². The van der Waals surface area contributed by atoms with Gasteiger partial charge in [0.15, 0.2) is 0 Å². The predicted molar refractivity (Wildman–Crippen MR) is 70.9 cm³/mol. The molecule has 3 nitrogen and oxygen atoms in total. The number of carbonyl (C=O) groups excluding carboxylic acids is 1. The molecular weight excluding hydrogens is 226 g/mol. The molecule has 1 aromatic carbocycles. The van der Waals surface area contributed by atoms with E-state index in [1.807, 2.05) is 24.3 Å². The van der Waals surface area contributed by atoms with Crippen LogP contribution in [-0.4, -0.2) is 17.6 Å². The lowest BCUT2D eigenvalue weighted by atomic mass is 10.1. The Balaban J connectivity index is 2.08. The molecule has 1 aliphatic rings. The van der Waals surface area contributed by atoms with Crippen molar-refractivity contribution < 1.29 is 9.90 Å². The van der Waals surface area contributed by atoms with E-state index in [1.54, 1.807) is 0 Å². The average molecular weight is 243 g/mol. The second-order valence-electron chi connectivity index (χ2n) is 4.63. The van der Waals surface area contributed by atoms with E-state index in [9.17, 15) is 4.79 Å². The molecule has 0 radical (unpaired) electrons. The van der Waals surface area contributed by atoms with Gasteiger partial charge in [0.1, 0.15) is 0 Å². The van der Waals surface area contributed by atoms with Crippen LogP contribution in [0.25, 0.3) is 0 Å². The number of hydrogen-bond donors (Lipinski definition) is 2. The van der Waals surface area contributed by atoms with Gasteiger partial charge in [-0.1, -0.05) is 30.9 Å². The Hall–Kier alpha value is -1.79. The van der Waals surface area contributed by atoms with E-state index in [0.29, 0.717) is 12.3 Å². The molecule has 2 atom stereocenters. The number of aliphatic hydroxyl groups excluding tert-OH is 1. The third-order valence-corrected chi connectivity index (χ3v) is 3.09. The number of carbonyl (C=O) groups is 1. The van der Waals surface area contributed by atoms with Crippen LogP contribution < -0.4 is 5.32 Å². The zero-order valence-corrected chi connectivity index (χ0v) is 10.4. The lowest BCUT2D eigenvalue weighted by molar-refractivity contribution is -0.117. The van der Waals surface area contributed by atoms with Gasteiger partial charge in [0.05, 0.1) is 12.3 Å². The lowest BCUT2D eigenvalue weighted by Crippen LogP contribution is -2.15. The summed E-state index contributed by atoms with van der Waals surface area (Å²) < 4.78 is 0. The van der Waals surface area contributed by atoms with Crippen molar-refractivity contribution in [3.63, 3.8) is 0 Å². The molecule has 1 fully saturated rings. The van der Waals surface area contributed by atoms with Gasteiger partial charge in [-0.3, -0.25) is 4.79 Å². The summed E-state index contributed by atoms with van der Waals surface area (Å²) in [4.78, 5) is 11.9. The highest BCUT2D eigenvalue weighted by atomic mass is 16.2. The fourth-order valence-electron chi connectivity index (χ4n) is 1.83. The summed E-state index contributed by atoms with van der Waals surface area (Å²) in [7, 11) is 0. The van der Waals surface area contributed by atoms with E-state index >= 15 is 0 Å². The smallest absolute Gasteiger partial charge is 0.227 e. The molecule has 1 saturated carbocycles. The Bertz CT molecular complexity index is 499. The van der Waals surface area contributed by atoms with Gasteiger partial charge in [-0.15, -0.1) is 0 Å². The van der Waals surface area contributed by atoms with Gasteiger partial charge in [-0.2, -0.15) is 0 Å². The summed E-state index contributed by atoms with van der Waals surface area (Å²) >= 11 is 0. The Morgan fingerprint density at radius 3 is 2.89 bits per heavy atom. The molecule has 3 heteroatoms. The van der Waals surface area contributed by atoms with Crippen molar-refractivity contribution in [1.29, 1.82) is 0 Å². The van der Waals surface area contributed by atoms with E-state index in [0.717, 1.165) is 17.7 Å². The van der Waals surface area contributed by atoms with Crippen molar-refractivity contribution in [2.75, 3.05) is 11.9 Å². The minimum absolute atomic E-state index is 0.0567. The van der Waals surface area contributed by atoms with Crippen LogP contribution in [0.2, 0.25) is 0 Å². The van der Waals surface area contributed by atoms with Gasteiger partial charge in [0.25, 0.3) is 0 Å². The molecule has 0 aliphatic heterocycles. The first-order valence-corrected chi connectivity index (χ1v) is 6.22. The highest BCUT2D eigenvalue weighted by Crippen LogP contribution is 2.38. The maximum atomic E-state index is 11.9. The number of para-hydroxylation sites is 1. The zero-order valence-electron chi connectivity index (χ0n) is 10.4. The first-order valence-electron chi connectivity index (χ1n) is 6.22. The van der Waals surface area contributed by atoms with Crippen LogP contribution in [0.15, 0.2) is 24.3 Å². The van der Waals surface area contributed by atoms with Crippen molar-refractivity contribution in [2.45, 2.75) is 19.8 Å². The molecule has 1 amide bonds. The fourth-order valence-corrected chi connectivity index (χ4v) is 1.83. The van der Waals surface area contributed by atoms with Crippen LogP contribution in [0.3, 0.4) is 0 Å². The molecule has 2 unspecified atom stereocenters. The molecule has 94 valence electrons. The van der Waals surface area contributed by atoms with E-state index in [-0.39, 0.29) is 18.4 Å². The van der Waals surface area contributed by atoms with Gasteiger partial charge in [-0.05, 0) is 24.5 Å². The maximum absolute atomic E-state index is 11.9. The summed E-state index contributed by atoms with van der Waals surface area (Å²) in [5, 5.41) is 11.6. The molecule has 1 aliphatic carbocycles. The molecule has 0 aromatic heterocycles. The topological polar surface area (TPSA) is 49.3 Å². The highest BCUT2D eigenvalue weighted by Gasteiger charge is 2.39. The minimum Gasteiger partial charge on any atom is -0.395 e. The van der Waals surface area contributed by atoms with Gasteiger partial charge < -0.3 is 10.4 Å². The standard InChI is InChI=1S/C15H17NO2/c1-11-10-13(11)15(18)16-14-8-3-2-6-12(14)7-4-5-9-17/h2-3,6,8,11,13,17H,5,9-10H2,1H3,(H,16,18). The molecule has 1 aromatic rings. The van der Waals surface area contributed by atoms with Crippen LogP contribution in [0.4, 0.5) is 5.69 Å². The summed E-state index contributed by atoms with van der Waals surface area (Å²) in [5.74, 6) is 6.57. The lowest BCUT2D eigenvalue weighted by Gasteiger charge is -2.06. The summed E-state index contributed by atoms with van der Waals surface area (Å²) in [6.45, 7) is 2.14. The normalized spacial score (nSPS) is 20.8. The van der Waals surface area contributed by atoms with Crippen LogP contribution in [0, 0.1) is 23.7 Å². The van der Waals surface area contributed by atoms with Crippen molar-refractivity contribution in [1.82, 2.24) is 0 Å². The molecular formula is C15H17NO2. The maximum Gasteiger partial charge on any atom is 0.227 e. The average Bonchev–Trinajstić information content (AvgIpc) is 3.09. The van der Waals surface area contributed by atoms with Crippen molar-refractivity contribution >= 4 is 11.6 Å². The highest BCUT2D eigenvalue weighted by molar-refractivity contribution is 5.95. The monoisotopic (exact) mass is 243 g/mol. The number of rotatable bonds is 3. The van der Waals surface area contributed by atoms with Crippen LogP contribution >= 0.6 is 0 Å². The predicted octanol–water partition coefficient (Wildman–Crippen LogP) is 2.02. The number of benzene rings is 1. The second kappa shape index (κ2) is 5.70. The Morgan fingerprint density at radius 1 is 1.50 bits per heavy atom. The Morgan fingerprint density at radius 2 is 2.22 bits per heavy atom. The first kappa shape index (κ1) is 12.7. The van der Waals surface area contributed by atoms with Crippen LogP contribution in [0.1, 0.15) is 25.3 Å². The minimum atomic E-state index is 0.0567. The van der Waals surface area contributed by atoms with Crippen LogP contribution in [-0.2, 0) is 4.79 Å². The Labute approximate surface area is 107 Å². The zero-order chi connectivity index (χ0) is 13.0. The molecule has 18 heavy (non-hydrogen) atoms. The third kappa shape index (κ3) is 3.12. The first-order chi connectivity index (χ1) is 8.72. The van der Waals surface area contributed by atoms with Crippen molar-refractivity contribution in [3.8, 4) is 11.8 Å². The number of anilines is 1.